The van der Waals surface area contributed by atoms with E-state index >= 15 is 0 Å². The number of nitrogens with zero attached hydrogens (tertiary/aromatic N) is 3. The third kappa shape index (κ3) is 6.16. The summed E-state index contributed by atoms with van der Waals surface area (Å²) in [6.07, 6.45) is 2.61. The molecule has 0 bridgehead atoms. The number of hydrogen-bond donors (Lipinski definition) is 1. The van der Waals surface area contributed by atoms with Crippen molar-refractivity contribution < 1.29 is 28.8 Å². The zero-order chi connectivity index (χ0) is 27.2. The van der Waals surface area contributed by atoms with Gasteiger partial charge in [-0.2, -0.15) is 0 Å². The topological polar surface area (TPSA) is 141 Å². The minimum atomic E-state index is -0.576. The summed E-state index contributed by atoms with van der Waals surface area (Å²) in [5, 5.41) is 13.0. The first-order valence-corrected chi connectivity index (χ1v) is 12.2. The lowest BCUT2D eigenvalue weighted by Gasteiger charge is -2.13. The highest BCUT2D eigenvalue weighted by atomic mass is 32.2. The fourth-order valence-corrected chi connectivity index (χ4v) is 4.29. The molecule has 2 heterocycles. The Morgan fingerprint density at radius 2 is 1.95 bits per heavy atom. The van der Waals surface area contributed by atoms with Crippen molar-refractivity contribution in [1.29, 1.82) is 0 Å². The van der Waals surface area contributed by atoms with Crippen LogP contribution in [-0.2, 0) is 9.59 Å². The van der Waals surface area contributed by atoms with Gasteiger partial charge in [0.05, 0.1) is 16.4 Å². The van der Waals surface area contributed by atoms with Crippen LogP contribution in [0, 0.1) is 17.0 Å². The number of imide groups is 1. The fraction of sp³-hybridized carbons (Fsp3) is 0.154. The standard InChI is InChI=1S/C26H22N4O7S/c1-3-36-21-12-17(8-10-20(21)37-24-11-9-18(14-27-24)30(34)35)13-22-25(32)29(26(33)38-22)15-23(31)28-19-7-5-4-6-16(19)2/h4-14H,3,15H2,1-2H3,(H,28,31)/b22-13-. The van der Waals surface area contributed by atoms with Gasteiger partial charge in [0.25, 0.3) is 16.8 Å². The average Bonchev–Trinajstić information content (AvgIpc) is 3.14. The number of amides is 3. The van der Waals surface area contributed by atoms with E-state index in [1.807, 2.05) is 19.1 Å². The van der Waals surface area contributed by atoms with Crippen LogP contribution in [0.2, 0.25) is 0 Å². The zero-order valence-corrected chi connectivity index (χ0v) is 21.2. The van der Waals surface area contributed by atoms with Gasteiger partial charge in [0.2, 0.25) is 11.8 Å². The molecule has 12 heteroatoms. The van der Waals surface area contributed by atoms with Gasteiger partial charge in [-0.15, -0.1) is 0 Å². The van der Waals surface area contributed by atoms with Crippen molar-refractivity contribution in [3.63, 3.8) is 0 Å². The molecular weight excluding hydrogens is 512 g/mol. The van der Waals surface area contributed by atoms with Crippen LogP contribution in [0.3, 0.4) is 0 Å². The highest BCUT2D eigenvalue weighted by molar-refractivity contribution is 8.18. The summed E-state index contributed by atoms with van der Waals surface area (Å²) in [6, 6.07) is 14.7. The number of carbonyl (C=O) groups excluding carboxylic acids is 3. The van der Waals surface area contributed by atoms with Crippen LogP contribution in [0.15, 0.2) is 65.7 Å². The minimum absolute atomic E-state index is 0.134. The molecule has 4 rings (SSSR count). The minimum Gasteiger partial charge on any atom is -0.490 e. The number of hydrogen-bond acceptors (Lipinski definition) is 9. The van der Waals surface area contributed by atoms with E-state index in [0.717, 1.165) is 28.4 Å². The van der Waals surface area contributed by atoms with Gasteiger partial charge in [-0.1, -0.05) is 24.3 Å². The smallest absolute Gasteiger partial charge is 0.294 e. The Balaban J connectivity index is 1.48. The molecule has 3 amide bonds. The summed E-state index contributed by atoms with van der Waals surface area (Å²) in [5.74, 6) is -0.268. The SMILES string of the molecule is CCOc1cc(/C=C2\SC(=O)N(CC(=O)Nc3ccccc3C)C2=O)ccc1Oc1ccc([N+](=O)[O-])cn1. The van der Waals surface area contributed by atoms with Crippen LogP contribution in [0.1, 0.15) is 18.1 Å². The number of thioether (sulfide) groups is 1. The lowest BCUT2D eigenvalue weighted by molar-refractivity contribution is -0.385. The average molecular weight is 535 g/mol. The Bertz CT molecular complexity index is 1440. The van der Waals surface area contributed by atoms with Crippen LogP contribution in [0.25, 0.3) is 6.08 Å². The first-order valence-electron chi connectivity index (χ1n) is 11.4. The Kier molecular flexibility index (Phi) is 8.02. The molecule has 38 heavy (non-hydrogen) atoms. The molecule has 0 radical (unpaired) electrons. The quantitative estimate of drug-likeness (QED) is 0.224. The summed E-state index contributed by atoms with van der Waals surface area (Å²) in [5.41, 5.74) is 1.86. The monoisotopic (exact) mass is 534 g/mol. The molecule has 2 aromatic carbocycles. The second kappa shape index (κ2) is 11.6. The third-order valence-corrected chi connectivity index (χ3v) is 6.21. The predicted octanol–water partition coefficient (Wildman–Crippen LogP) is 5.16. The normalized spacial score (nSPS) is 14.1. The van der Waals surface area contributed by atoms with Crippen molar-refractivity contribution in [2.24, 2.45) is 0 Å². The Labute approximate surface area is 221 Å². The number of anilines is 1. The molecule has 194 valence electrons. The second-order valence-corrected chi connectivity index (χ2v) is 8.98. The van der Waals surface area contributed by atoms with Gasteiger partial charge >= 0.3 is 0 Å². The molecule has 0 unspecified atom stereocenters. The van der Waals surface area contributed by atoms with Crippen molar-refractivity contribution in [3.05, 3.63) is 86.9 Å². The summed E-state index contributed by atoms with van der Waals surface area (Å²) in [7, 11) is 0. The van der Waals surface area contributed by atoms with E-state index in [-0.39, 0.29) is 16.5 Å². The molecule has 0 atom stereocenters. The summed E-state index contributed by atoms with van der Waals surface area (Å²) in [6.45, 7) is 3.54. The van der Waals surface area contributed by atoms with Gasteiger partial charge in [0.1, 0.15) is 12.7 Å². The van der Waals surface area contributed by atoms with Crippen molar-refractivity contribution in [1.82, 2.24) is 9.88 Å². The molecule has 0 saturated carbocycles. The van der Waals surface area contributed by atoms with E-state index in [0.29, 0.717) is 29.4 Å². The van der Waals surface area contributed by atoms with Gasteiger partial charge in [0.15, 0.2) is 11.5 Å². The summed E-state index contributed by atoms with van der Waals surface area (Å²) < 4.78 is 11.4. The van der Waals surface area contributed by atoms with Crippen molar-refractivity contribution in [2.45, 2.75) is 13.8 Å². The van der Waals surface area contributed by atoms with Crippen LogP contribution < -0.4 is 14.8 Å². The molecule has 11 nitrogen and oxygen atoms in total. The third-order valence-electron chi connectivity index (χ3n) is 5.31. The van der Waals surface area contributed by atoms with Gasteiger partial charge in [0, 0.05) is 17.8 Å². The number of rotatable bonds is 9. The van der Waals surface area contributed by atoms with E-state index in [1.165, 1.54) is 18.2 Å². The van der Waals surface area contributed by atoms with E-state index in [9.17, 15) is 24.5 Å². The van der Waals surface area contributed by atoms with Crippen LogP contribution in [0.4, 0.5) is 16.2 Å². The van der Waals surface area contributed by atoms with Crippen LogP contribution >= 0.6 is 11.8 Å². The van der Waals surface area contributed by atoms with Gasteiger partial charge in [-0.25, -0.2) is 4.98 Å². The van der Waals surface area contributed by atoms with E-state index < -0.39 is 28.5 Å². The van der Waals surface area contributed by atoms with Crippen molar-refractivity contribution >= 4 is 46.3 Å². The molecule has 0 aliphatic carbocycles. The van der Waals surface area contributed by atoms with Crippen LogP contribution in [0.5, 0.6) is 17.4 Å². The predicted molar refractivity (Wildman–Crippen MR) is 141 cm³/mol. The van der Waals surface area contributed by atoms with Crippen molar-refractivity contribution in [3.8, 4) is 17.4 Å². The first kappa shape index (κ1) is 26.4. The number of aryl methyl sites for hydroxylation is 1. The Morgan fingerprint density at radius 1 is 1.16 bits per heavy atom. The molecule has 1 fully saturated rings. The lowest BCUT2D eigenvalue weighted by atomic mass is 10.2. The first-order chi connectivity index (χ1) is 18.2. The Hall–Kier alpha value is -4.71. The van der Waals surface area contributed by atoms with Crippen molar-refractivity contribution in [2.75, 3.05) is 18.5 Å². The maximum atomic E-state index is 12.9. The van der Waals surface area contributed by atoms with Gasteiger partial charge in [-0.3, -0.25) is 29.4 Å². The number of ether oxygens (including phenoxy) is 2. The van der Waals surface area contributed by atoms with Gasteiger partial charge in [-0.05, 0) is 61.0 Å². The number of pyridine rings is 1. The molecule has 1 saturated heterocycles. The summed E-state index contributed by atoms with van der Waals surface area (Å²) in [4.78, 5) is 53.1. The zero-order valence-electron chi connectivity index (χ0n) is 20.4. The number of nitro groups is 1. The highest BCUT2D eigenvalue weighted by Crippen LogP contribution is 2.36. The van der Waals surface area contributed by atoms with E-state index in [1.54, 1.807) is 37.3 Å². The number of nitrogens with one attached hydrogen (secondary N) is 1. The molecule has 1 aromatic heterocycles. The maximum Gasteiger partial charge on any atom is 0.294 e. The number of para-hydroxylation sites is 1. The molecule has 0 spiro atoms. The molecular formula is C26H22N4O7S. The van der Waals surface area contributed by atoms with Crippen LogP contribution in [-0.4, -0.2) is 45.0 Å². The summed E-state index contributed by atoms with van der Waals surface area (Å²) >= 11 is 0.739. The maximum absolute atomic E-state index is 12.9. The fourth-order valence-electron chi connectivity index (χ4n) is 3.45. The van der Waals surface area contributed by atoms with Gasteiger partial charge < -0.3 is 14.8 Å². The number of aromatic nitrogens is 1. The number of carbonyl (C=O) groups is 3. The number of benzene rings is 2. The Morgan fingerprint density at radius 3 is 2.63 bits per heavy atom. The molecule has 1 N–H and O–H groups in total. The largest absolute Gasteiger partial charge is 0.490 e. The molecule has 3 aromatic rings. The second-order valence-electron chi connectivity index (χ2n) is 7.98. The highest BCUT2D eigenvalue weighted by Gasteiger charge is 2.36. The lowest BCUT2D eigenvalue weighted by Crippen LogP contribution is -2.36. The molecule has 1 aliphatic rings. The van der Waals surface area contributed by atoms with E-state index in [2.05, 4.69) is 10.3 Å². The van der Waals surface area contributed by atoms with E-state index in [4.69, 9.17) is 9.47 Å². The molecule has 1 aliphatic heterocycles.